The van der Waals surface area contributed by atoms with E-state index < -0.39 is 0 Å². The van der Waals surface area contributed by atoms with Crippen LogP contribution in [0.5, 0.6) is 0 Å². The van der Waals surface area contributed by atoms with E-state index in [1.54, 1.807) is 0 Å². The summed E-state index contributed by atoms with van der Waals surface area (Å²) in [5.74, 6) is 1.50. The molecular weight excluding hydrogens is 316 g/mol. The van der Waals surface area contributed by atoms with Crippen LogP contribution < -0.4 is 5.32 Å². The van der Waals surface area contributed by atoms with Gasteiger partial charge < -0.3 is 14.3 Å². The third-order valence-electron chi connectivity index (χ3n) is 3.95. The molecule has 132 valence electrons. The van der Waals surface area contributed by atoms with E-state index in [0.717, 1.165) is 29.4 Å². The van der Waals surface area contributed by atoms with Crippen molar-refractivity contribution < 1.29 is 9.21 Å². The first kappa shape index (κ1) is 17.2. The molecule has 3 aromatic rings. The highest BCUT2D eigenvalue weighted by Crippen LogP contribution is 2.27. The highest BCUT2D eigenvalue weighted by atomic mass is 16.4. The van der Waals surface area contributed by atoms with E-state index in [-0.39, 0.29) is 12.5 Å². The second-order valence-corrected chi connectivity index (χ2v) is 6.62. The number of benzene rings is 1. The second-order valence-electron chi connectivity index (χ2n) is 6.62. The van der Waals surface area contributed by atoms with Crippen molar-refractivity contribution in [2.45, 2.75) is 40.2 Å². The SMILES string of the molecule is CCCNC(=O)Cn1c(-c2nnc(CC(C)C)o2)cc2ccccc21. The number of rotatable bonds is 7. The second kappa shape index (κ2) is 7.51. The molecule has 2 heterocycles. The lowest BCUT2D eigenvalue weighted by Gasteiger charge is -2.09. The number of amides is 1. The van der Waals surface area contributed by atoms with Gasteiger partial charge >= 0.3 is 0 Å². The van der Waals surface area contributed by atoms with Crippen molar-refractivity contribution in [3.8, 4) is 11.6 Å². The summed E-state index contributed by atoms with van der Waals surface area (Å²) in [6.45, 7) is 7.15. The molecule has 6 heteroatoms. The highest BCUT2D eigenvalue weighted by molar-refractivity contribution is 5.88. The Balaban J connectivity index is 1.97. The molecule has 0 aliphatic heterocycles. The molecule has 1 aromatic carbocycles. The Morgan fingerprint density at radius 3 is 2.84 bits per heavy atom. The molecule has 2 aromatic heterocycles. The molecule has 0 fully saturated rings. The summed E-state index contributed by atoms with van der Waals surface area (Å²) in [5, 5.41) is 12.3. The van der Waals surface area contributed by atoms with Crippen molar-refractivity contribution in [3.05, 3.63) is 36.2 Å². The van der Waals surface area contributed by atoms with Crippen molar-refractivity contribution in [1.82, 2.24) is 20.1 Å². The van der Waals surface area contributed by atoms with Crippen molar-refractivity contribution in [2.75, 3.05) is 6.54 Å². The third-order valence-corrected chi connectivity index (χ3v) is 3.95. The van der Waals surface area contributed by atoms with Gasteiger partial charge in [-0.15, -0.1) is 10.2 Å². The zero-order valence-electron chi connectivity index (χ0n) is 15.0. The summed E-state index contributed by atoms with van der Waals surface area (Å²) in [6, 6.07) is 9.95. The first-order chi connectivity index (χ1) is 12.1. The van der Waals surface area contributed by atoms with Crippen LogP contribution in [0.15, 0.2) is 34.7 Å². The maximum absolute atomic E-state index is 12.2. The largest absolute Gasteiger partial charge is 0.419 e. The molecule has 3 rings (SSSR count). The fraction of sp³-hybridized carbons (Fsp3) is 0.421. The Labute approximate surface area is 147 Å². The van der Waals surface area contributed by atoms with E-state index in [1.807, 2.05) is 41.8 Å². The van der Waals surface area contributed by atoms with Gasteiger partial charge in [0, 0.05) is 23.9 Å². The van der Waals surface area contributed by atoms with Gasteiger partial charge in [0.25, 0.3) is 5.89 Å². The lowest BCUT2D eigenvalue weighted by molar-refractivity contribution is -0.121. The number of nitrogens with zero attached hydrogens (tertiary/aromatic N) is 3. The molecule has 0 saturated heterocycles. The Bertz CT molecular complexity index is 863. The number of aromatic nitrogens is 3. The van der Waals surface area contributed by atoms with Gasteiger partial charge in [-0.1, -0.05) is 39.0 Å². The van der Waals surface area contributed by atoms with Crippen LogP contribution >= 0.6 is 0 Å². The van der Waals surface area contributed by atoms with Gasteiger partial charge in [0.2, 0.25) is 11.8 Å². The monoisotopic (exact) mass is 340 g/mol. The molecule has 0 radical (unpaired) electrons. The van der Waals surface area contributed by atoms with Crippen molar-refractivity contribution in [1.29, 1.82) is 0 Å². The molecule has 1 N–H and O–H groups in total. The first-order valence-corrected chi connectivity index (χ1v) is 8.76. The quantitative estimate of drug-likeness (QED) is 0.715. The van der Waals surface area contributed by atoms with Crippen LogP contribution in [-0.2, 0) is 17.8 Å². The molecule has 0 spiro atoms. The lowest BCUT2D eigenvalue weighted by atomic mass is 10.1. The number of fused-ring (bicyclic) bond motifs is 1. The van der Waals surface area contributed by atoms with E-state index in [4.69, 9.17) is 4.42 Å². The number of hydrogen-bond acceptors (Lipinski definition) is 4. The van der Waals surface area contributed by atoms with Crippen LogP contribution in [0.1, 0.15) is 33.1 Å². The van der Waals surface area contributed by atoms with Crippen LogP contribution in [0.3, 0.4) is 0 Å². The van der Waals surface area contributed by atoms with E-state index in [9.17, 15) is 4.79 Å². The zero-order chi connectivity index (χ0) is 17.8. The summed E-state index contributed by atoms with van der Waals surface area (Å²) >= 11 is 0. The summed E-state index contributed by atoms with van der Waals surface area (Å²) in [5.41, 5.74) is 1.75. The number of para-hydroxylation sites is 1. The molecule has 6 nitrogen and oxygen atoms in total. The zero-order valence-corrected chi connectivity index (χ0v) is 15.0. The lowest BCUT2D eigenvalue weighted by Crippen LogP contribution is -2.28. The minimum absolute atomic E-state index is 0.0219. The Kier molecular flexibility index (Phi) is 5.16. The van der Waals surface area contributed by atoms with E-state index in [2.05, 4.69) is 29.4 Å². The van der Waals surface area contributed by atoms with Gasteiger partial charge in [-0.3, -0.25) is 4.79 Å². The van der Waals surface area contributed by atoms with E-state index in [1.165, 1.54) is 0 Å². The van der Waals surface area contributed by atoms with Gasteiger partial charge in [0.05, 0.1) is 0 Å². The maximum atomic E-state index is 12.2. The number of carbonyl (C=O) groups is 1. The number of carbonyl (C=O) groups excluding carboxylic acids is 1. The van der Waals surface area contributed by atoms with Gasteiger partial charge in [-0.2, -0.15) is 0 Å². The van der Waals surface area contributed by atoms with Gasteiger partial charge in [-0.25, -0.2) is 0 Å². The number of hydrogen-bond donors (Lipinski definition) is 1. The van der Waals surface area contributed by atoms with Crippen molar-refractivity contribution >= 4 is 16.8 Å². The first-order valence-electron chi connectivity index (χ1n) is 8.76. The summed E-state index contributed by atoms with van der Waals surface area (Å²) in [6.07, 6.45) is 1.65. The molecule has 0 bridgehead atoms. The maximum Gasteiger partial charge on any atom is 0.264 e. The molecule has 1 amide bonds. The molecule has 0 aliphatic rings. The molecule has 0 aliphatic carbocycles. The van der Waals surface area contributed by atoms with Crippen LogP contribution in [0.25, 0.3) is 22.5 Å². The topological polar surface area (TPSA) is 73.0 Å². The van der Waals surface area contributed by atoms with E-state index >= 15 is 0 Å². The summed E-state index contributed by atoms with van der Waals surface area (Å²) in [7, 11) is 0. The van der Waals surface area contributed by atoms with E-state index in [0.29, 0.717) is 24.2 Å². The standard InChI is InChI=1S/C19H24N4O2/c1-4-9-20-17(24)12-23-15-8-6-5-7-14(15)11-16(23)19-22-21-18(25-19)10-13(2)3/h5-8,11,13H,4,9-10,12H2,1-3H3,(H,20,24). The Hall–Kier alpha value is -2.63. The molecule has 0 atom stereocenters. The average molecular weight is 340 g/mol. The van der Waals surface area contributed by atoms with Crippen LogP contribution in [-0.4, -0.2) is 27.2 Å². The van der Waals surface area contributed by atoms with Gasteiger partial charge in [0.1, 0.15) is 12.2 Å². The van der Waals surface area contributed by atoms with Crippen LogP contribution in [0.2, 0.25) is 0 Å². The van der Waals surface area contributed by atoms with Gasteiger partial charge in [-0.05, 0) is 24.5 Å². The smallest absolute Gasteiger partial charge is 0.264 e. The Morgan fingerprint density at radius 2 is 2.08 bits per heavy atom. The molecule has 25 heavy (non-hydrogen) atoms. The van der Waals surface area contributed by atoms with Crippen LogP contribution in [0, 0.1) is 5.92 Å². The van der Waals surface area contributed by atoms with Crippen LogP contribution in [0.4, 0.5) is 0 Å². The normalized spacial score (nSPS) is 11.4. The number of nitrogens with one attached hydrogen (secondary N) is 1. The predicted molar refractivity (Wildman–Crippen MR) is 97.1 cm³/mol. The fourth-order valence-electron chi connectivity index (χ4n) is 2.81. The minimum atomic E-state index is -0.0219. The molecule has 0 saturated carbocycles. The Morgan fingerprint density at radius 1 is 1.28 bits per heavy atom. The van der Waals surface area contributed by atoms with Crippen molar-refractivity contribution in [2.24, 2.45) is 5.92 Å². The van der Waals surface area contributed by atoms with Gasteiger partial charge in [0.15, 0.2) is 0 Å². The average Bonchev–Trinajstić information content (AvgIpc) is 3.17. The fourth-order valence-corrected chi connectivity index (χ4v) is 2.81. The summed E-state index contributed by atoms with van der Waals surface area (Å²) in [4.78, 5) is 12.2. The third kappa shape index (κ3) is 3.90. The van der Waals surface area contributed by atoms with Crippen molar-refractivity contribution in [3.63, 3.8) is 0 Å². The minimum Gasteiger partial charge on any atom is -0.419 e. The molecular formula is C19H24N4O2. The predicted octanol–water partition coefficient (Wildman–Crippen LogP) is 3.42. The molecule has 0 unspecified atom stereocenters. The highest BCUT2D eigenvalue weighted by Gasteiger charge is 2.18. The summed E-state index contributed by atoms with van der Waals surface area (Å²) < 4.78 is 7.78.